The predicted octanol–water partition coefficient (Wildman–Crippen LogP) is -1.04. The van der Waals surface area contributed by atoms with Crippen LogP contribution in [0.3, 0.4) is 0 Å². The lowest BCUT2D eigenvalue weighted by Crippen LogP contribution is -2.15. The van der Waals surface area contributed by atoms with Gasteiger partial charge in [-0.2, -0.15) is 0 Å². The highest BCUT2D eigenvalue weighted by Crippen LogP contribution is 1.93. The summed E-state index contributed by atoms with van der Waals surface area (Å²) in [5.74, 6) is -0.632. The fraction of sp³-hybridized carbons (Fsp3) is 0. The first-order chi connectivity index (χ1) is 4.70. The van der Waals surface area contributed by atoms with Crippen molar-refractivity contribution in [2.24, 2.45) is 5.73 Å². The van der Waals surface area contributed by atoms with Crippen molar-refractivity contribution < 1.29 is 4.79 Å². The highest BCUT2D eigenvalue weighted by molar-refractivity contribution is 5.88. The summed E-state index contributed by atoms with van der Waals surface area (Å²) in [4.78, 5) is 17.4. The molecular formula is C5H5N4O. The largest absolute Gasteiger partial charge is 0.384 e. The van der Waals surface area contributed by atoms with Crippen LogP contribution in [0.1, 0.15) is 10.6 Å². The lowest BCUT2D eigenvalue weighted by molar-refractivity contribution is 0.0990. The zero-order valence-electron chi connectivity index (χ0n) is 5.03. The third kappa shape index (κ3) is 1.19. The highest BCUT2D eigenvalue weighted by Gasteiger charge is 2.01. The van der Waals surface area contributed by atoms with Gasteiger partial charge in [0.15, 0.2) is 0 Å². The van der Waals surface area contributed by atoms with Crippen LogP contribution in [0.25, 0.3) is 0 Å². The molecular weight excluding hydrogens is 132 g/mol. The van der Waals surface area contributed by atoms with Gasteiger partial charge in [-0.1, -0.05) is 0 Å². The van der Waals surface area contributed by atoms with Crippen LogP contribution in [0.15, 0.2) is 6.07 Å². The van der Waals surface area contributed by atoms with Crippen LogP contribution in [0, 0.1) is 6.20 Å². The fourth-order valence-electron chi connectivity index (χ4n) is 0.449. The average Bonchev–Trinajstić information content (AvgIpc) is 1.88. The third-order valence-corrected chi connectivity index (χ3v) is 0.838. The first-order valence-electron chi connectivity index (χ1n) is 2.50. The van der Waals surface area contributed by atoms with Crippen molar-refractivity contribution in [3.8, 4) is 0 Å². The van der Waals surface area contributed by atoms with Crippen molar-refractivity contribution >= 4 is 11.7 Å². The average molecular weight is 137 g/mol. The second-order valence-electron chi connectivity index (χ2n) is 1.61. The van der Waals surface area contributed by atoms with E-state index in [0.717, 1.165) is 0 Å². The van der Waals surface area contributed by atoms with Crippen LogP contribution in [0.4, 0.5) is 5.82 Å². The first kappa shape index (κ1) is 6.47. The van der Waals surface area contributed by atoms with Gasteiger partial charge in [-0.25, -0.2) is 9.97 Å². The molecule has 0 saturated heterocycles. The Morgan fingerprint density at radius 1 is 1.70 bits per heavy atom. The van der Waals surface area contributed by atoms with E-state index < -0.39 is 5.91 Å². The zero-order chi connectivity index (χ0) is 7.56. The molecule has 0 aromatic carbocycles. The Bertz CT molecular complexity index is 260. The van der Waals surface area contributed by atoms with Gasteiger partial charge in [-0.15, -0.1) is 0 Å². The van der Waals surface area contributed by atoms with E-state index in [1.54, 1.807) is 0 Å². The number of nitrogens with two attached hydrogens (primary N) is 2. The van der Waals surface area contributed by atoms with Crippen LogP contribution in [-0.2, 0) is 0 Å². The van der Waals surface area contributed by atoms with E-state index in [-0.39, 0.29) is 11.6 Å². The Hall–Kier alpha value is -1.65. The van der Waals surface area contributed by atoms with Gasteiger partial charge in [0.05, 0.1) is 6.20 Å². The van der Waals surface area contributed by atoms with Crippen molar-refractivity contribution in [2.45, 2.75) is 0 Å². The minimum atomic E-state index is -0.705. The molecule has 0 aliphatic carbocycles. The molecule has 0 spiro atoms. The molecule has 0 saturated carbocycles. The van der Waals surface area contributed by atoms with E-state index >= 15 is 0 Å². The molecule has 0 aliphatic rings. The van der Waals surface area contributed by atoms with E-state index in [2.05, 4.69) is 16.2 Å². The van der Waals surface area contributed by atoms with Gasteiger partial charge >= 0.3 is 0 Å². The SMILES string of the molecule is NC(=O)c1n[c]cc(N)n1. The van der Waals surface area contributed by atoms with Crippen molar-refractivity contribution in [1.82, 2.24) is 9.97 Å². The monoisotopic (exact) mass is 137 g/mol. The highest BCUT2D eigenvalue weighted by atomic mass is 16.1. The van der Waals surface area contributed by atoms with Crippen molar-refractivity contribution in [3.05, 3.63) is 18.1 Å². The Kier molecular flexibility index (Phi) is 1.49. The molecule has 0 atom stereocenters. The standard InChI is InChI=1S/C5H5N4O/c6-3-1-2-8-5(9-3)4(7)10/h1H,(H2,7,10)(H2,6,8,9). The maximum atomic E-state index is 10.4. The van der Waals surface area contributed by atoms with Gasteiger partial charge in [0, 0.05) is 6.07 Å². The molecule has 0 bridgehead atoms. The van der Waals surface area contributed by atoms with Crippen LogP contribution >= 0.6 is 0 Å². The summed E-state index contributed by atoms with van der Waals surface area (Å²) >= 11 is 0. The van der Waals surface area contributed by atoms with E-state index in [0.29, 0.717) is 0 Å². The first-order valence-corrected chi connectivity index (χ1v) is 2.50. The van der Waals surface area contributed by atoms with Gasteiger partial charge in [0.1, 0.15) is 5.82 Å². The number of aromatic nitrogens is 2. The summed E-state index contributed by atoms with van der Waals surface area (Å²) < 4.78 is 0. The number of rotatable bonds is 1. The molecule has 1 aromatic rings. The molecule has 0 unspecified atom stereocenters. The molecule has 1 amide bonds. The lowest BCUT2D eigenvalue weighted by atomic mass is 10.5. The molecule has 1 aromatic heterocycles. The second-order valence-corrected chi connectivity index (χ2v) is 1.61. The summed E-state index contributed by atoms with van der Waals surface area (Å²) in [5.41, 5.74) is 10.0. The molecule has 0 aliphatic heterocycles. The fourth-order valence-corrected chi connectivity index (χ4v) is 0.449. The van der Waals surface area contributed by atoms with Gasteiger partial charge in [0.2, 0.25) is 5.82 Å². The molecule has 5 nitrogen and oxygen atoms in total. The van der Waals surface area contributed by atoms with Crippen LogP contribution < -0.4 is 11.5 Å². The van der Waals surface area contributed by atoms with E-state index in [9.17, 15) is 4.79 Å². The summed E-state index contributed by atoms with van der Waals surface area (Å²) in [5, 5.41) is 0. The van der Waals surface area contributed by atoms with Gasteiger partial charge in [-0.05, 0) is 0 Å². The summed E-state index contributed by atoms with van der Waals surface area (Å²) in [6.07, 6.45) is 2.37. The minimum absolute atomic E-state index is 0.111. The molecule has 51 valence electrons. The minimum Gasteiger partial charge on any atom is -0.384 e. The van der Waals surface area contributed by atoms with Gasteiger partial charge < -0.3 is 11.5 Å². The molecule has 1 radical (unpaired) electrons. The molecule has 0 fully saturated rings. The molecule has 5 heteroatoms. The number of carbonyl (C=O) groups is 1. The number of nitrogens with zero attached hydrogens (tertiary/aromatic N) is 2. The normalized spacial score (nSPS) is 9.20. The Morgan fingerprint density at radius 3 is 2.80 bits per heavy atom. The number of carbonyl (C=O) groups excluding carboxylic acids is 1. The Balaban J connectivity index is 3.07. The number of anilines is 1. The topological polar surface area (TPSA) is 94.9 Å². The predicted molar refractivity (Wildman–Crippen MR) is 33.8 cm³/mol. The second kappa shape index (κ2) is 2.30. The number of hydrogen-bond acceptors (Lipinski definition) is 4. The van der Waals surface area contributed by atoms with Gasteiger partial charge in [-0.3, -0.25) is 4.79 Å². The number of hydrogen-bond donors (Lipinski definition) is 2. The Morgan fingerprint density at radius 2 is 2.40 bits per heavy atom. The molecule has 1 rings (SSSR count). The zero-order valence-corrected chi connectivity index (χ0v) is 5.03. The summed E-state index contributed by atoms with van der Waals surface area (Å²) in [6.45, 7) is 0. The Labute approximate surface area is 57.1 Å². The van der Waals surface area contributed by atoms with Crippen molar-refractivity contribution in [1.29, 1.82) is 0 Å². The third-order valence-electron chi connectivity index (χ3n) is 0.838. The molecule has 1 heterocycles. The van der Waals surface area contributed by atoms with E-state index in [1.165, 1.54) is 6.07 Å². The maximum absolute atomic E-state index is 10.4. The van der Waals surface area contributed by atoms with Crippen molar-refractivity contribution in [2.75, 3.05) is 5.73 Å². The van der Waals surface area contributed by atoms with Crippen LogP contribution in [0.5, 0.6) is 0 Å². The molecule has 4 N–H and O–H groups in total. The maximum Gasteiger partial charge on any atom is 0.286 e. The number of nitrogen functional groups attached to an aromatic ring is 1. The number of amides is 1. The lowest BCUT2D eigenvalue weighted by Gasteiger charge is -1.92. The number of primary amides is 1. The molecule has 10 heavy (non-hydrogen) atoms. The van der Waals surface area contributed by atoms with Crippen molar-refractivity contribution in [3.63, 3.8) is 0 Å². The van der Waals surface area contributed by atoms with E-state index in [1.807, 2.05) is 0 Å². The van der Waals surface area contributed by atoms with Crippen LogP contribution in [-0.4, -0.2) is 15.9 Å². The van der Waals surface area contributed by atoms with Gasteiger partial charge in [0.25, 0.3) is 5.91 Å². The quantitative estimate of drug-likeness (QED) is 0.516. The summed E-state index contributed by atoms with van der Waals surface area (Å²) in [6, 6.07) is 1.35. The smallest absolute Gasteiger partial charge is 0.286 e. The summed E-state index contributed by atoms with van der Waals surface area (Å²) in [7, 11) is 0. The van der Waals surface area contributed by atoms with E-state index in [4.69, 9.17) is 11.5 Å². The van der Waals surface area contributed by atoms with Crippen LogP contribution in [0.2, 0.25) is 0 Å².